The first-order valence-electron chi connectivity index (χ1n) is 13.6. The molecule has 0 fully saturated rings. The third kappa shape index (κ3) is 8.65. The average Bonchev–Trinajstić information content (AvgIpc) is 3.11. The van der Waals surface area contributed by atoms with Gasteiger partial charge in [-0.2, -0.15) is 0 Å². The van der Waals surface area contributed by atoms with Gasteiger partial charge in [0.15, 0.2) is 0 Å². The monoisotopic (exact) mass is 555 g/mol. The lowest BCUT2D eigenvalue weighted by Crippen LogP contribution is -2.49. The van der Waals surface area contributed by atoms with E-state index in [9.17, 15) is 19.5 Å². The van der Waals surface area contributed by atoms with Crippen molar-refractivity contribution in [3.63, 3.8) is 0 Å². The number of carbonyl (C=O) groups is 3. The number of rotatable bonds is 10. The van der Waals surface area contributed by atoms with E-state index in [-0.39, 0.29) is 13.2 Å². The molecule has 2 amide bonds. The van der Waals surface area contributed by atoms with Crippen LogP contribution >= 0.6 is 0 Å². The molecule has 3 aromatic rings. The Labute approximate surface area is 241 Å². The van der Waals surface area contributed by atoms with E-state index in [0.717, 1.165) is 22.3 Å². The summed E-state index contributed by atoms with van der Waals surface area (Å²) in [5, 5.41) is 14.9. The minimum absolute atomic E-state index is 0.00728. The lowest BCUT2D eigenvalue weighted by atomic mass is 9.95. The summed E-state index contributed by atoms with van der Waals surface area (Å²) < 4.78 is 5.39. The van der Waals surface area contributed by atoms with Gasteiger partial charge in [0.2, 0.25) is 0 Å². The third-order valence-electron chi connectivity index (χ3n) is 6.02. The molecule has 8 nitrogen and oxygen atoms in total. The number of alkyl carbamates (subject to hydrolysis) is 1. The molecule has 0 spiro atoms. The second kappa shape index (κ2) is 15.8. The molecule has 1 aliphatic heterocycles. The lowest BCUT2D eigenvalue weighted by molar-refractivity contribution is -0.119. The summed E-state index contributed by atoms with van der Waals surface area (Å²) in [5.74, 6) is -0.408. The van der Waals surface area contributed by atoms with Gasteiger partial charge in [0, 0.05) is 11.3 Å². The van der Waals surface area contributed by atoms with Gasteiger partial charge in [0.25, 0.3) is 5.91 Å². The van der Waals surface area contributed by atoms with Crippen molar-refractivity contribution >= 4 is 29.5 Å². The molecule has 8 heteroatoms. The highest BCUT2D eigenvalue weighted by Crippen LogP contribution is 2.35. The summed E-state index contributed by atoms with van der Waals surface area (Å²) in [7, 11) is 0. The summed E-state index contributed by atoms with van der Waals surface area (Å²) in [4.78, 5) is 39.4. The van der Waals surface area contributed by atoms with Crippen LogP contribution in [0.5, 0.6) is 0 Å². The van der Waals surface area contributed by atoms with E-state index in [0.29, 0.717) is 17.7 Å². The van der Waals surface area contributed by atoms with Gasteiger partial charge in [-0.05, 0) is 28.8 Å². The number of nitrogens with zero attached hydrogens (tertiary/aromatic N) is 1. The second-order valence-corrected chi connectivity index (χ2v) is 9.45. The standard InChI is InChI=1S/C30H29N3O5.C3H8/c1-21(31-24(18-34)19-35)17-33-28-15-9-8-14-25(28)26(23-12-6-3-7-13-23)16-27(29(33)36)32-30(37)38-20-22-10-4-2-5-11-22;1-3-2/h2-16,18,24,27,31,35H,1,17,19-20H2,(H,32,37);3H2,1-2H3. The van der Waals surface area contributed by atoms with Gasteiger partial charge in [-0.1, -0.05) is 106 Å². The van der Waals surface area contributed by atoms with E-state index < -0.39 is 30.7 Å². The summed E-state index contributed by atoms with van der Waals surface area (Å²) in [5.41, 5.74) is 4.22. The van der Waals surface area contributed by atoms with Gasteiger partial charge in [-0.15, -0.1) is 0 Å². The molecule has 2 atom stereocenters. The van der Waals surface area contributed by atoms with Crippen LogP contribution in [0.4, 0.5) is 10.5 Å². The number of fused-ring (bicyclic) bond motifs is 1. The summed E-state index contributed by atoms with van der Waals surface area (Å²) in [6.07, 6.45) is 2.81. The number of amides is 2. The average molecular weight is 556 g/mol. The summed E-state index contributed by atoms with van der Waals surface area (Å²) in [6, 6.07) is 24.4. The van der Waals surface area contributed by atoms with Crippen molar-refractivity contribution in [2.45, 2.75) is 39.0 Å². The fraction of sp³-hybridized carbons (Fsp3) is 0.242. The van der Waals surface area contributed by atoms with Crippen molar-refractivity contribution in [2.24, 2.45) is 0 Å². The number of aliphatic hydroxyl groups is 1. The number of anilines is 1. The molecule has 0 saturated heterocycles. The minimum atomic E-state index is -1.05. The predicted molar refractivity (Wildman–Crippen MR) is 161 cm³/mol. The van der Waals surface area contributed by atoms with Gasteiger partial charge < -0.3 is 30.2 Å². The van der Waals surface area contributed by atoms with E-state index in [4.69, 9.17) is 4.74 Å². The van der Waals surface area contributed by atoms with E-state index in [2.05, 4.69) is 31.1 Å². The van der Waals surface area contributed by atoms with E-state index >= 15 is 0 Å². The van der Waals surface area contributed by atoms with Gasteiger partial charge in [0.1, 0.15) is 25.0 Å². The molecular weight excluding hydrogens is 518 g/mol. The maximum Gasteiger partial charge on any atom is 0.408 e. The highest BCUT2D eigenvalue weighted by Gasteiger charge is 2.32. The van der Waals surface area contributed by atoms with Crippen LogP contribution in [0.15, 0.2) is 103 Å². The SMILES string of the molecule is C=C(CN1C(=O)C(NC(=O)OCc2ccccc2)C=C(c2ccccc2)c2ccccc21)NC(C=O)CO.CCC. The first kappa shape index (κ1) is 30.8. The number of nitrogens with one attached hydrogen (secondary N) is 2. The molecular formula is C33H37N3O5. The predicted octanol–water partition coefficient (Wildman–Crippen LogP) is 4.84. The topological polar surface area (TPSA) is 108 Å². The Balaban J connectivity index is 0.00000147. The van der Waals surface area contributed by atoms with Crippen molar-refractivity contribution in [1.82, 2.24) is 10.6 Å². The van der Waals surface area contributed by atoms with Crippen LogP contribution < -0.4 is 15.5 Å². The fourth-order valence-corrected chi connectivity index (χ4v) is 4.20. The molecule has 3 aromatic carbocycles. The first-order chi connectivity index (χ1) is 19.9. The molecule has 41 heavy (non-hydrogen) atoms. The Hall–Kier alpha value is -4.69. The van der Waals surface area contributed by atoms with Crippen molar-refractivity contribution in [3.8, 4) is 0 Å². The molecule has 0 saturated carbocycles. The highest BCUT2D eigenvalue weighted by molar-refractivity contribution is 6.07. The molecule has 0 bridgehead atoms. The molecule has 214 valence electrons. The Morgan fingerprint density at radius 2 is 1.63 bits per heavy atom. The zero-order valence-electron chi connectivity index (χ0n) is 23.5. The molecule has 2 unspecified atom stereocenters. The maximum absolute atomic E-state index is 13.9. The summed E-state index contributed by atoms with van der Waals surface area (Å²) in [6.45, 7) is 7.85. The van der Waals surface area contributed by atoms with Crippen LogP contribution in [-0.4, -0.2) is 48.6 Å². The van der Waals surface area contributed by atoms with E-state index in [1.54, 1.807) is 6.08 Å². The highest BCUT2D eigenvalue weighted by atomic mass is 16.5. The number of hydrogen-bond donors (Lipinski definition) is 3. The molecule has 0 aliphatic carbocycles. The number of carbonyl (C=O) groups excluding carboxylic acids is 3. The lowest BCUT2D eigenvalue weighted by Gasteiger charge is -2.28. The second-order valence-electron chi connectivity index (χ2n) is 9.45. The molecule has 4 rings (SSSR count). The van der Waals surface area contributed by atoms with Crippen molar-refractivity contribution in [1.29, 1.82) is 0 Å². The van der Waals surface area contributed by atoms with Crippen molar-refractivity contribution < 1.29 is 24.2 Å². The van der Waals surface area contributed by atoms with E-state index in [1.165, 1.54) is 11.3 Å². The van der Waals surface area contributed by atoms with Crippen LogP contribution in [-0.2, 0) is 20.9 Å². The minimum Gasteiger partial charge on any atom is -0.445 e. The Bertz CT molecular complexity index is 1340. The van der Waals surface area contributed by atoms with Gasteiger partial charge in [-0.25, -0.2) is 4.79 Å². The van der Waals surface area contributed by atoms with Crippen molar-refractivity contribution in [3.05, 3.63) is 120 Å². The van der Waals surface area contributed by atoms with Gasteiger partial charge in [0.05, 0.1) is 18.8 Å². The Kier molecular flexibility index (Phi) is 11.9. The number of benzene rings is 3. The van der Waals surface area contributed by atoms with Gasteiger partial charge >= 0.3 is 6.09 Å². The molecule has 3 N–H and O–H groups in total. The number of aliphatic hydroxyl groups excluding tert-OH is 1. The Morgan fingerprint density at radius 1 is 1.02 bits per heavy atom. The summed E-state index contributed by atoms with van der Waals surface area (Å²) >= 11 is 0. The fourth-order valence-electron chi connectivity index (χ4n) is 4.20. The largest absolute Gasteiger partial charge is 0.445 e. The number of ether oxygens (including phenoxy) is 1. The number of para-hydroxylation sites is 1. The van der Waals surface area contributed by atoms with Crippen LogP contribution in [0.2, 0.25) is 0 Å². The van der Waals surface area contributed by atoms with Crippen LogP contribution in [0.1, 0.15) is 37.0 Å². The van der Waals surface area contributed by atoms with Crippen LogP contribution in [0.3, 0.4) is 0 Å². The molecule has 0 radical (unpaired) electrons. The van der Waals surface area contributed by atoms with E-state index in [1.807, 2.05) is 84.9 Å². The smallest absolute Gasteiger partial charge is 0.408 e. The zero-order valence-corrected chi connectivity index (χ0v) is 23.5. The van der Waals surface area contributed by atoms with Crippen LogP contribution in [0, 0.1) is 0 Å². The Morgan fingerprint density at radius 3 is 2.27 bits per heavy atom. The molecule has 1 heterocycles. The number of aldehydes is 1. The maximum atomic E-state index is 13.9. The quantitative estimate of drug-likeness (QED) is 0.309. The van der Waals surface area contributed by atoms with Crippen molar-refractivity contribution in [2.75, 3.05) is 18.1 Å². The third-order valence-corrected chi connectivity index (χ3v) is 6.02. The van der Waals surface area contributed by atoms with Crippen LogP contribution in [0.25, 0.3) is 5.57 Å². The van der Waals surface area contributed by atoms with Gasteiger partial charge in [-0.3, -0.25) is 4.79 Å². The normalized spacial score (nSPS) is 14.7. The first-order valence-corrected chi connectivity index (χ1v) is 13.6. The molecule has 1 aliphatic rings. The zero-order chi connectivity index (χ0) is 29.6. The molecule has 0 aromatic heterocycles. The number of hydrogen-bond acceptors (Lipinski definition) is 6.